The van der Waals surface area contributed by atoms with Gasteiger partial charge >= 0.3 is 0 Å². The molecule has 0 aromatic rings. The van der Waals surface area contributed by atoms with Gasteiger partial charge in [0.2, 0.25) is 0 Å². The average Bonchev–Trinajstić information content (AvgIpc) is 2.82. The quantitative estimate of drug-likeness (QED) is 0.786. The van der Waals surface area contributed by atoms with Crippen molar-refractivity contribution in [3.05, 3.63) is 0 Å². The predicted octanol–water partition coefficient (Wildman–Crippen LogP) is 1.75. The Morgan fingerprint density at radius 2 is 2.19 bits per heavy atom. The van der Waals surface area contributed by atoms with Crippen molar-refractivity contribution in [3.63, 3.8) is 0 Å². The Morgan fingerprint density at radius 1 is 1.38 bits per heavy atom. The second-order valence-corrected chi connectivity index (χ2v) is 5.84. The first-order valence-corrected chi connectivity index (χ1v) is 6.51. The summed E-state index contributed by atoms with van der Waals surface area (Å²) in [4.78, 5) is 2.62. The van der Waals surface area contributed by atoms with Gasteiger partial charge in [0.15, 0.2) is 0 Å². The lowest BCUT2D eigenvalue weighted by atomic mass is 9.91. The third-order valence-corrected chi connectivity index (χ3v) is 4.07. The minimum atomic E-state index is -0.180. The van der Waals surface area contributed by atoms with Crippen LogP contribution in [0.25, 0.3) is 0 Å². The summed E-state index contributed by atoms with van der Waals surface area (Å²) in [6.07, 6.45) is 4.97. The molecule has 3 heteroatoms. The number of hydrogen-bond acceptors (Lipinski definition) is 3. The first-order valence-electron chi connectivity index (χ1n) is 6.51. The normalized spacial score (nSPS) is 30.3. The van der Waals surface area contributed by atoms with Crippen molar-refractivity contribution in [2.24, 2.45) is 5.41 Å². The first kappa shape index (κ1) is 11.9. The van der Waals surface area contributed by atoms with E-state index in [2.05, 4.69) is 16.3 Å². The lowest BCUT2D eigenvalue weighted by Gasteiger charge is -2.23. The molecule has 16 heavy (non-hydrogen) atoms. The maximum Gasteiger partial charge on any atom is 0.0684 e. The Balaban J connectivity index is 1.73. The zero-order valence-corrected chi connectivity index (χ0v) is 10.5. The van der Waals surface area contributed by atoms with E-state index in [0.29, 0.717) is 6.04 Å². The Morgan fingerprint density at radius 3 is 2.94 bits per heavy atom. The van der Waals surface area contributed by atoms with Crippen LogP contribution in [0.15, 0.2) is 0 Å². The van der Waals surface area contributed by atoms with Crippen molar-refractivity contribution in [1.82, 2.24) is 10.2 Å². The fourth-order valence-electron chi connectivity index (χ4n) is 2.95. The molecule has 2 heterocycles. The van der Waals surface area contributed by atoms with Crippen molar-refractivity contribution in [3.8, 4) is 6.07 Å². The molecule has 2 fully saturated rings. The van der Waals surface area contributed by atoms with Gasteiger partial charge in [0.05, 0.1) is 11.5 Å². The maximum atomic E-state index is 8.95. The van der Waals surface area contributed by atoms with Crippen LogP contribution in [0.5, 0.6) is 0 Å². The van der Waals surface area contributed by atoms with Crippen molar-refractivity contribution >= 4 is 0 Å². The summed E-state index contributed by atoms with van der Waals surface area (Å²) in [6, 6.07) is 3.82. The van der Waals surface area contributed by atoms with E-state index in [1.807, 2.05) is 13.8 Å². The van der Waals surface area contributed by atoms with E-state index in [1.165, 1.54) is 32.4 Å². The summed E-state index contributed by atoms with van der Waals surface area (Å²) in [5.41, 5.74) is -0.180. The summed E-state index contributed by atoms with van der Waals surface area (Å²) in [5, 5.41) is 12.6. The topological polar surface area (TPSA) is 39.1 Å². The van der Waals surface area contributed by atoms with E-state index in [9.17, 15) is 0 Å². The molecule has 0 bridgehead atoms. The summed E-state index contributed by atoms with van der Waals surface area (Å²) >= 11 is 0. The molecular formula is C13H23N3. The van der Waals surface area contributed by atoms with Gasteiger partial charge in [0.1, 0.15) is 0 Å². The summed E-state index contributed by atoms with van der Waals surface area (Å²) < 4.78 is 0. The summed E-state index contributed by atoms with van der Waals surface area (Å²) in [7, 11) is 0. The molecular weight excluding hydrogens is 198 g/mol. The molecule has 3 nitrogen and oxygen atoms in total. The van der Waals surface area contributed by atoms with Gasteiger partial charge in [0.25, 0.3) is 0 Å². The van der Waals surface area contributed by atoms with Gasteiger partial charge in [-0.15, -0.1) is 0 Å². The van der Waals surface area contributed by atoms with Gasteiger partial charge < -0.3 is 5.32 Å². The lowest BCUT2D eigenvalue weighted by Crippen LogP contribution is -2.40. The zero-order chi connectivity index (χ0) is 11.6. The van der Waals surface area contributed by atoms with Gasteiger partial charge in [0, 0.05) is 18.6 Å². The molecule has 0 aromatic carbocycles. The van der Waals surface area contributed by atoms with E-state index in [0.717, 1.165) is 19.0 Å². The monoisotopic (exact) mass is 221 g/mol. The zero-order valence-electron chi connectivity index (χ0n) is 10.5. The first-order chi connectivity index (χ1) is 7.62. The van der Waals surface area contributed by atoms with Crippen LogP contribution >= 0.6 is 0 Å². The van der Waals surface area contributed by atoms with Crippen molar-refractivity contribution in [2.75, 3.05) is 19.6 Å². The SMILES string of the molecule is CC(C)(C#N)CCNC1CCN2CCCC12. The van der Waals surface area contributed by atoms with Crippen molar-refractivity contribution < 1.29 is 0 Å². The van der Waals surface area contributed by atoms with Crippen LogP contribution in [-0.2, 0) is 0 Å². The molecule has 0 radical (unpaired) electrons. The van der Waals surface area contributed by atoms with E-state index in [4.69, 9.17) is 5.26 Å². The molecule has 2 atom stereocenters. The number of hydrogen-bond donors (Lipinski definition) is 1. The third-order valence-electron chi connectivity index (χ3n) is 4.07. The lowest BCUT2D eigenvalue weighted by molar-refractivity contribution is 0.294. The van der Waals surface area contributed by atoms with Crippen LogP contribution in [0.1, 0.15) is 39.5 Å². The fraction of sp³-hybridized carbons (Fsp3) is 0.923. The highest BCUT2D eigenvalue weighted by Gasteiger charge is 2.36. The third kappa shape index (κ3) is 2.56. The largest absolute Gasteiger partial charge is 0.312 e. The molecule has 2 aliphatic rings. The molecule has 1 N–H and O–H groups in total. The second kappa shape index (κ2) is 4.73. The molecule has 0 spiro atoms. The van der Waals surface area contributed by atoms with E-state index >= 15 is 0 Å². The molecule has 2 unspecified atom stereocenters. The van der Waals surface area contributed by atoms with Crippen LogP contribution in [-0.4, -0.2) is 36.6 Å². The van der Waals surface area contributed by atoms with Gasteiger partial charge in [-0.25, -0.2) is 0 Å². The predicted molar refractivity (Wildman–Crippen MR) is 65.0 cm³/mol. The minimum absolute atomic E-state index is 0.180. The Hall–Kier alpha value is -0.590. The maximum absolute atomic E-state index is 8.95. The highest BCUT2D eigenvalue weighted by Crippen LogP contribution is 2.28. The number of rotatable bonds is 4. The molecule has 0 aliphatic carbocycles. The van der Waals surface area contributed by atoms with Crippen LogP contribution in [0.2, 0.25) is 0 Å². The van der Waals surface area contributed by atoms with Gasteiger partial charge in [-0.05, 0) is 52.6 Å². The smallest absolute Gasteiger partial charge is 0.0684 e. The summed E-state index contributed by atoms with van der Waals surface area (Å²) in [5.74, 6) is 0. The highest BCUT2D eigenvalue weighted by molar-refractivity contribution is 4.97. The van der Waals surface area contributed by atoms with Crippen LogP contribution < -0.4 is 5.32 Å². The molecule has 2 aliphatic heterocycles. The molecule has 2 rings (SSSR count). The number of nitriles is 1. The van der Waals surface area contributed by atoms with E-state index < -0.39 is 0 Å². The molecule has 0 saturated carbocycles. The van der Waals surface area contributed by atoms with Crippen molar-refractivity contribution in [2.45, 2.75) is 51.6 Å². The molecule has 2 saturated heterocycles. The second-order valence-electron chi connectivity index (χ2n) is 5.84. The van der Waals surface area contributed by atoms with E-state index in [-0.39, 0.29) is 5.41 Å². The molecule has 0 aromatic heterocycles. The standard InChI is InChI=1S/C13H23N3/c1-13(2,10-14)6-7-15-11-5-9-16-8-3-4-12(11)16/h11-12,15H,3-9H2,1-2H3. The van der Waals surface area contributed by atoms with Crippen LogP contribution in [0.3, 0.4) is 0 Å². The molecule has 90 valence electrons. The van der Waals surface area contributed by atoms with Crippen LogP contribution in [0, 0.1) is 16.7 Å². The Kier molecular flexibility index (Phi) is 3.51. The molecule has 0 amide bonds. The Bertz CT molecular complexity index is 279. The van der Waals surface area contributed by atoms with Gasteiger partial charge in [-0.1, -0.05) is 0 Å². The Labute approximate surface area is 98.8 Å². The van der Waals surface area contributed by atoms with Gasteiger partial charge in [-0.3, -0.25) is 4.90 Å². The fourth-order valence-corrected chi connectivity index (χ4v) is 2.95. The van der Waals surface area contributed by atoms with Crippen molar-refractivity contribution in [1.29, 1.82) is 5.26 Å². The van der Waals surface area contributed by atoms with Crippen LogP contribution in [0.4, 0.5) is 0 Å². The highest BCUT2D eigenvalue weighted by atomic mass is 15.2. The van der Waals surface area contributed by atoms with Gasteiger partial charge in [-0.2, -0.15) is 5.26 Å². The number of nitrogens with zero attached hydrogens (tertiary/aromatic N) is 2. The minimum Gasteiger partial charge on any atom is -0.312 e. The average molecular weight is 221 g/mol. The number of fused-ring (bicyclic) bond motifs is 1. The summed E-state index contributed by atoms with van der Waals surface area (Å²) in [6.45, 7) is 7.59. The number of nitrogens with one attached hydrogen (secondary N) is 1. The van der Waals surface area contributed by atoms with E-state index in [1.54, 1.807) is 0 Å².